The fourth-order valence-electron chi connectivity index (χ4n) is 2.47. The Morgan fingerprint density at radius 2 is 2.00 bits per heavy atom. The molecule has 0 saturated carbocycles. The normalized spacial score (nSPS) is 15.6. The number of thiazole rings is 1. The summed E-state index contributed by atoms with van der Waals surface area (Å²) < 4.78 is 12.8. The first kappa shape index (κ1) is 14.8. The van der Waals surface area contributed by atoms with E-state index in [0.29, 0.717) is 5.69 Å². The summed E-state index contributed by atoms with van der Waals surface area (Å²) >= 11 is 1.63. The third kappa shape index (κ3) is 3.73. The maximum absolute atomic E-state index is 12.8. The van der Waals surface area contributed by atoms with Crippen molar-refractivity contribution >= 4 is 28.2 Å². The second-order valence-corrected chi connectivity index (χ2v) is 6.05. The van der Waals surface area contributed by atoms with Gasteiger partial charge in [-0.2, -0.15) is 0 Å². The quantitative estimate of drug-likeness (QED) is 0.914. The van der Waals surface area contributed by atoms with Crippen molar-refractivity contribution in [2.45, 2.75) is 18.9 Å². The number of hydrogen-bond acceptors (Lipinski definition) is 4. The Hall–Kier alpha value is -2.15. The van der Waals surface area contributed by atoms with Gasteiger partial charge in [0.05, 0.1) is 0 Å². The summed E-state index contributed by atoms with van der Waals surface area (Å²) in [6.45, 7) is 1.77. The van der Waals surface area contributed by atoms with Gasteiger partial charge < -0.3 is 15.5 Å². The van der Waals surface area contributed by atoms with Gasteiger partial charge in [0.2, 0.25) is 0 Å². The summed E-state index contributed by atoms with van der Waals surface area (Å²) in [5.74, 6) is -0.319. The molecule has 22 heavy (non-hydrogen) atoms. The van der Waals surface area contributed by atoms with Crippen LogP contribution in [0.1, 0.15) is 12.8 Å². The molecule has 2 heterocycles. The zero-order valence-electron chi connectivity index (χ0n) is 12.0. The molecule has 2 amide bonds. The highest BCUT2D eigenvalue weighted by molar-refractivity contribution is 7.13. The minimum Gasteiger partial charge on any atom is -0.348 e. The van der Waals surface area contributed by atoms with Gasteiger partial charge in [-0.1, -0.05) is 0 Å². The maximum atomic E-state index is 12.8. The number of benzene rings is 1. The van der Waals surface area contributed by atoms with Crippen molar-refractivity contribution < 1.29 is 9.18 Å². The molecule has 3 rings (SSSR count). The molecule has 1 aliphatic rings. The van der Waals surface area contributed by atoms with Crippen LogP contribution in [-0.4, -0.2) is 30.1 Å². The SMILES string of the molecule is O=C(Nc1ccc(F)cc1)NC1CCN(c2nccs2)CC1. The summed E-state index contributed by atoms with van der Waals surface area (Å²) in [6.07, 6.45) is 3.58. The second-order valence-electron chi connectivity index (χ2n) is 5.18. The minimum absolute atomic E-state index is 0.150. The zero-order valence-corrected chi connectivity index (χ0v) is 12.8. The van der Waals surface area contributed by atoms with E-state index in [0.717, 1.165) is 31.1 Å². The lowest BCUT2D eigenvalue weighted by Gasteiger charge is -2.32. The number of piperidine rings is 1. The van der Waals surface area contributed by atoms with Crippen LogP contribution in [0.4, 0.5) is 20.0 Å². The molecule has 1 aliphatic heterocycles. The fraction of sp³-hybridized carbons (Fsp3) is 0.333. The fourth-order valence-corrected chi connectivity index (χ4v) is 3.17. The monoisotopic (exact) mass is 320 g/mol. The summed E-state index contributed by atoms with van der Waals surface area (Å²) in [6, 6.07) is 5.63. The molecule has 1 saturated heterocycles. The van der Waals surface area contributed by atoms with Crippen LogP contribution in [0.2, 0.25) is 0 Å². The molecule has 116 valence electrons. The van der Waals surface area contributed by atoms with Crippen LogP contribution < -0.4 is 15.5 Å². The van der Waals surface area contributed by atoms with Gasteiger partial charge in [0.1, 0.15) is 5.82 Å². The van der Waals surface area contributed by atoms with Crippen LogP contribution in [-0.2, 0) is 0 Å². The first-order valence-electron chi connectivity index (χ1n) is 7.18. The van der Waals surface area contributed by atoms with Crippen molar-refractivity contribution in [2.24, 2.45) is 0 Å². The Bertz CT molecular complexity index is 609. The highest BCUT2D eigenvalue weighted by Crippen LogP contribution is 2.22. The number of aromatic nitrogens is 1. The number of rotatable bonds is 3. The van der Waals surface area contributed by atoms with E-state index >= 15 is 0 Å². The van der Waals surface area contributed by atoms with Crippen LogP contribution in [0.25, 0.3) is 0 Å². The summed E-state index contributed by atoms with van der Waals surface area (Å²) in [4.78, 5) is 18.5. The Kier molecular flexibility index (Phi) is 4.53. The van der Waals surface area contributed by atoms with E-state index in [1.54, 1.807) is 29.7 Å². The first-order chi connectivity index (χ1) is 10.7. The van der Waals surface area contributed by atoms with Crippen LogP contribution in [0, 0.1) is 5.82 Å². The molecule has 0 unspecified atom stereocenters. The first-order valence-corrected chi connectivity index (χ1v) is 8.06. The topological polar surface area (TPSA) is 57.3 Å². The van der Waals surface area contributed by atoms with E-state index in [2.05, 4.69) is 20.5 Å². The Morgan fingerprint density at radius 3 is 2.64 bits per heavy atom. The Morgan fingerprint density at radius 1 is 1.27 bits per heavy atom. The smallest absolute Gasteiger partial charge is 0.319 e. The van der Waals surface area contributed by atoms with E-state index in [1.807, 2.05) is 5.38 Å². The molecular formula is C15H17FN4OS. The van der Waals surface area contributed by atoms with Crippen molar-refractivity contribution in [1.82, 2.24) is 10.3 Å². The molecule has 0 atom stereocenters. The average Bonchev–Trinajstić information content (AvgIpc) is 3.05. The van der Waals surface area contributed by atoms with Crippen LogP contribution in [0.5, 0.6) is 0 Å². The molecule has 5 nitrogen and oxygen atoms in total. The molecule has 0 aliphatic carbocycles. The zero-order chi connectivity index (χ0) is 15.4. The number of urea groups is 1. The summed E-state index contributed by atoms with van der Waals surface area (Å²) in [5.41, 5.74) is 0.583. The highest BCUT2D eigenvalue weighted by atomic mass is 32.1. The standard InChI is InChI=1S/C15H17FN4OS/c16-11-1-3-12(4-2-11)18-14(21)19-13-5-8-20(9-6-13)15-17-7-10-22-15/h1-4,7,10,13H,5-6,8-9H2,(H2,18,19,21). The van der Waals surface area contributed by atoms with Gasteiger partial charge in [0.15, 0.2) is 5.13 Å². The molecule has 7 heteroatoms. The molecule has 1 aromatic carbocycles. The molecule has 2 aromatic rings. The van der Waals surface area contributed by atoms with E-state index in [1.165, 1.54) is 12.1 Å². The number of amides is 2. The molecule has 0 spiro atoms. The predicted octanol–water partition coefficient (Wildman–Crippen LogP) is 3.07. The summed E-state index contributed by atoms with van der Waals surface area (Å²) in [5, 5.41) is 8.68. The van der Waals surface area contributed by atoms with Crippen molar-refractivity contribution in [3.63, 3.8) is 0 Å². The van der Waals surface area contributed by atoms with Gasteiger partial charge in [-0.15, -0.1) is 11.3 Å². The number of nitrogens with one attached hydrogen (secondary N) is 2. The third-order valence-electron chi connectivity index (χ3n) is 3.62. The Labute approximate surface area is 132 Å². The van der Waals surface area contributed by atoms with Gasteiger partial charge in [-0.25, -0.2) is 14.2 Å². The van der Waals surface area contributed by atoms with Crippen LogP contribution in [0.15, 0.2) is 35.8 Å². The number of carbonyl (C=O) groups is 1. The lowest BCUT2D eigenvalue weighted by molar-refractivity contribution is 0.246. The van der Waals surface area contributed by atoms with Crippen molar-refractivity contribution in [1.29, 1.82) is 0 Å². The Balaban J connectivity index is 1.46. The van der Waals surface area contributed by atoms with Gasteiger partial charge >= 0.3 is 6.03 Å². The number of carbonyl (C=O) groups excluding carboxylic acids is 1. The molecular weight excluding hydrogens is 303 g/mol. The summed E-state index contributed by atoms with van der Waals surface area (Å²) in [7, 11) is 0. The lowest BCUT2D eigenvalue weighted by Crippen LogP contribution is -2.46. The molecule has 1 fully saturated rings. The van der Waals surface area contributed by atoms with E-state index < -0.39 is 0 Å². The molecule has 0 radical (unpaired) electrons. The lowest BCUT2D eigenvalue weighted by atomic mass is 10.1. The minimum atomic E-state index is -0.319. The van der Waals surface area contributed by atoms with Crippen LogP contribution >= 0.6 is 11.3 Å². The van der Waals surface area contributed by atoms with E-state index in [9.17, 15) is 9.18 Å². The largest absolute Gasteiger partial charge is 0.348 e. The van der Waals surface area contributed by atoms with Crippen LogP contribution in [0.3, 0.4) is 0 Å². The third-order valence-corrected chi connectivity index (χ3v) is 4.45. The molecule has 0 bridgehead atoms. The van der Waals surface area contributed by atoms with Gasteiger partial charge in [-0.3, -0.25) is 0 Å². The van der Waals surface area contributed by atoms with Gasteiger partial charge in [-0.05, 0) is 37.1 Å². The molecule has 1 aromatic heterocycles. The average molecular weight is 320 g/mol. The number of halogens is 1. The van der Waals surface area contributed by atoms with Gasteiger partial charge in [0.25, 0.3) is 0 Å². The van der Waals surface area contributed by atoms with E-state index in [-0.39, 0.29) is 17.9 Å². The van der Waals surface area contributed by atoms with Crippen molar-refractivity contribution in [3.8, 4) is 0 Å². The number of nitrogens with zero attached hydrogens (tertiary/aromatic N) is 2. The highest BCUT2D eigenvalue weighted by Gasteiger charge is 2.21. The second kappa shape index (κ2) is 6.74. The van der Waals surface area contributed by atoms with E-state index in [4.69, 9.17) is 0 Å². The molecule has 2 N–H and O–H groups in total. The number of hydrogen-bond donors (Lipinski definition) is 2. The maximum Gasteiger partial charge on any atom is 0.319 e. The predicted molar refractivity (Wildman–Crippen MR) is 85.9 cm³/mol. The van der Waals surface area contributed by atoms with Crippen molar-refractivity contribution in [2.75, 3.05) is 23.3 Å². The van der Waals surface area contributed by atoms with Gasteiger partial charge in [0, 0.05) is 36.4 Å². The number of anilines is 2. The van der Waals surface area contributed by atoms with Crippen molar-refractivity contribution in [3.05, 3.63) is 41.7 Å².